The van der Waals surface area contributed by atoms with Crippen LogP contribution in [0.2, 0.25) is 0 Å². The Hall–Kier alpha value is -1.48. The molecule has 0 spiro atoms. The first-order valence-corrected chi connectivity index (χ1v) is 11.6. The maximum atomic E-state index is 12.7. The van der Waals surface area contributed by atoms with Crippen LogP contribution in [0.25, 0.3) is 0 Å². The molecule has 0 aromatic heterocycles. The largest absolute Gasteiger partial charge is 0.379 e. The molecule has 1 aliphatic heterocycles. The van der Waals surface area contributed by atoms with Gasteiger partial charge in [-0.25, -0.2) is 8.42 Å². The summed E-state index contributed by atoms with van der Waals surface area (Å²) in [4.78, 5) is 12.5. The van der Waals surface area contributed by atoms with Crippen molar-refractivity contribution in [3.63, 3.8) is 0 Å². The minimum atomic E-state index is -3.61. The molecule has 1 saturated carbocycles. The van der Waals surface area contributed by atoms with Crippen molar-refractivity contribution in [2.75, 3.05) is 39.5 Å². The number of nitrogens with zero attached hydrogens (tertiary/aromatic N) is 1. The van der Waals surface area contributed by atoms with E-state index in [1.807, 2.05) is 0 Å². The van der Waals surface area contributed by atoms with Gasteiger partial charge in [-0.15, -0.1) is 0 Å². The van der Waals surface area contributed by atoms with Gasteiger partial charge in [0.25, 0.3) is 5.91 Å². The second-order valence-electron chi connectivity index (χ2n) is 7.28. The lowest BCUT2D eigenvalue weighted by Crippen LogP contribution is -2.40. The third-order valence-electron chi connectivity index (χ3n) is 5.22. The van der Waals surface area contributed by atoms with Crippen molar-refractivity contribution in [2.24, 2.45) is 0 Å². The lowest BCUT2D eigenvalue weighted by molar-refractivity contribution is 0.0273. The minimum absolute atomic E-state index is 0.141. The molecule has 1 saturated heterocycles. The van der Waals surface area contributed by atoms with Gasteiger partial charge in [-0.05, 0) is 37.5 Å². The summed E-state index contributed by atoms with van der Waals surface area (Å²) in [7, 11) is -3.61. The Morgan fingerprint density at radius 2 is 1.93 bits per heavy atom. The van der Waals surface area contributed by atoms with Crippen LogP contribution in [0.4, 0.5) is 0 Å². The predicted octanol–water partition coefficient (Wildman–Crippen LogP) is 2.18. The Morgan fingerprint density at radius 1 is 1.18 bits per heavy atom. The van der Waals surface area contributed by atoms with Crippen LogP contribution in [0.5, 0.6) is 0 Å². The monoisotopic (exact) mass is 410 g/mol. The molecule has 156 valence electrons. The smallest absolute Gasteiger partial charge is 0.251 e. The number of hydrogen-bond donors (Lipinski definition) is 1. The Morgan fingerprint density at radius 3 is 2.68 bits per heavy atom. The van der Waals surface area contributed by atoms with E-state index in [9.17, 15) is 13.2 Å². The van der Waals surface area contributed by atoms with Gasteiger partial charge in [0.2, 0.25) is 10.0 Å². The summed E-state index contributed by atoms with van der Waals surface area (Å²) >= 11 is 0. The normalized spacial score (nSPS) is 19.4. The fourth-order valence-electron chi connectivity index (χ4n) is 3.59. The van der Waals surface area contributed by atoms with E-state index in [4.69, 9.17) is 9.47 Å². The number of carbonyl (C=O) groups excluding carboxylic acids is 1. The third kappa shape index (κ3) is 5.76. The molecule has 1 aromatic rings. The molecule has 2 aliphatic rings. The van der Waals surface area contributed by atoms with Gasteiger partial charge in [0.05, 0.1) is 24.2 Å². The second kappa shape index (κ2) is 10.3. The number of morpholine rings is 1. The molecule has 1 amide bonds. The first-order valence-electron chi connectivity index (χ1n) is 10.1. The molecular formula is C20H30N2O5S. The SMILES string of the molecule is O=C(NCCCOC1CCCCC1)c1cccc(S(=O)(=O)N2CCOCC2)c1. The molecule has 7 nitrogen and oxygen atoms in total. The number of sulfonamides is 1. The maximum absolute atomic E-state index is 12.7. The fraction of sp³-hybridized carbons (Fsp3) is 0.650. The summed E-state index contributed by atoms with van der Waals surface area (Å²) in [5.41, 5.74) is 0.350. The first-order chi connectivity index (χ1) is 13.6. The summed E-state index contributed by atoms with van der Waals surface area (Å²) < 4.78 is 37.9. The van der Waals surface area contributed by atoms with Crippen LogP contribution < -0.4 is 5.32 Å². The van der Waals surface area contributed by atoms with Crippen molar-refractivity contribution in [3.8, 4) is 0 Å². The number of nitrogens with one attached hydrogen (secondary N) is 1. The first kappa shape index (κ1) is 21.2. The Balaban J connectivity index is 1.48. The highest BCUT2D eigenvalue weighted by atomic mass is 32.2. The van der Waals surface area contributed by atoms with E-state index >= 15 is 0 Å². The number of amides is 1. The number of carbonyl (C=O) groups is 1. The fourth-order valence-corrected chi connectivity index (χ4v) is 5.05. The molecule has 0 bridgehead atoms. The van der Waals surface area contributed by atoms with Gasteiger partial charge in [-0.2, -0.15) is 4.31 Å². The molecule has 1 aliphatic carbocycles. The van der Waals surface area contributed by atoms with E-state index in [0.717, 1.165) is 19.3 Å². The molecule has 28 heavy (non-hydrogen) atoms. The van der Waals surface area contributed by atoms with Crippen LogP contribution in [0, 0.1) is 0 Å². The zero-order valence-corrected chi connectivity index (χ0v) is 17.1. The maximum Gasteiger partial charge on any atom is 0.251 e. The highest BCUT2D eigenvalue weighted by Gasteiger charge is 2.26. The molecule has 0 radical (unpaired) electrons. The third-order valence-corrected chi connectivity index (χ3v) is 7.11. The van der Waals surface area contributed by atoms with Crippen molar-refractivity contribution in [1.29, 1.82) is 0 Å². The Labute approximate surface area is 167 Å². The predicted molar refractivity (Wildman–Crippen MR) is 106 cm³/mol. The van der Waals surface area contributed by atoms with Gasteiger partial charge in [0.1, 0.15) is 0 Å². The molecule has 3 rings (SSSR count). The van der Waals surface area contributed by atoms with Crippen LogP contribution in [0.1, 0.15) is 48.9 Å². The van der Waals surface area contributed by atoms with Crippen LogP contribution in [-0.4, -0.2) is 64.2 Å². The van der Waals surface area contributed by atoms with E-state index < -0.39 is 10.0 Å². The Bertz CT molecular complexity index is 741. The van der Waals surface area contributed by atoms with Crippen molar-refractivity contribution in [2.45, 2.75) is 49.5 Å². The van der Waals surface area contributed by atoms with Crippen molar-refractivity contribution >= 4 is 15.9 Å². The minimum Gasteiger partial charge on any atom is -0.379 e. The summed E-state index contributed by atoms with van der Waals surface area (Å²) in [5.74, 6) is -0.267. The number of hydrogen-bond acceptors (Lipinski definition) is 5. The zero-order chi connectivity index (χ0) is 19.8. The number of ether oxygens (including phenoxy) is 2. The van der Waals surface area contributed by atoms with E-state index in [-0.39, 0.29) is 10.8 Å². The van der Waals surface area contributed by atoms with Crippen LogP contribution in [-0.2, 0) is 19.5 Å². The van der Waals surface area contributed by atoms with Gasteiger partial charge in [-0.3, -0.25) is 4.79 Å². The lowest BCUT2D eigenvalue weighted by atomic mass is 9.98. The van der Waals surface area contributed by atoms with Crippen LogP contribution in [0.15, 0.2) is 29.2 Å². The van der Waals surface area contributed by atoms with E-state index in [1.54, 1.807) is 12.1 Å². The molecule has 0 unspecified atom stereocenters. The van der Waals surface area contributed by atoms with Gasteiger partial charge >= 0.3 is 0 Å². The van der Waals surface area contributed by atoms with Crippen molar-refractivity contribution in [1.82, 2.24) is 9.62 Å². The molecule has 0 atom stereocenters. The van der Waals surface area contributed by atoms with E-state index in [2.05, 4.69) is 5.32 Å². The standard InChI is InChI=1S/C20H30N2O5S/c23-20(21-10-5-13-27-18-7-2-1-3-8-18)17-6-4-9-19(16-17)28(24,25)22-11-14-26-15-12-22/h4,6,9,16,18H,1-3,5,7-8,10-15H2,(H,21,23). The van der Waals surface area contributed by atoms with Gasteiger partial charge in [-0.1, -0.05) is 25.3 Å². The molecule has 1 aromatic carbocycles. The highest BCUT2D eigenvalue weighted by Crippen LogP contribution is 2.20. The van der Waals surface area contributed by atoms with E-state index in [1.165, 1.54) is 35.7 Å². The van der Waals surface area contributed by atoms with Gasteiger partial charge in [0.15, 0.2) is 0 Å². The topological polar surface area (TPSA) is 84.9 Å². The summed E-state index contributed by atoms with van der Waals surface area (Å²) in [6.07, 6.45) is 7.17. The Kier molecular flexibility index (Phi) is 7.84. The molecule has 8 heteroatoms. The lowest BCUT2D eigenvalue weighted by Gasteiger charge is -2.26. The van der Waals surface area contributed by atoms with E-state index in [0.29, 0.717) is 51.1 Å². The van der Waals surface area contributed by atoms with Gasteiger partial charge in [0, 0.05) is 31.8 Å². The van der Waals surface area contributed by atoms with Crippen molar-refractivity contribution < 1.29 is 22.7 Å². The quantitative estimate of drug-likeness (QED) is 0.664. The van der Waals surface area contributed by atoms with Gasteiger partial charge < -0.3 is 14.8 Å². The molecule has 1 N–H and O–H groups in total. The summed E-state index contributed by atoms with van der Waals surface area (Å²) in [5, 5.41) is 2.85. The van der Waals surface area contributed by atoms with Crippen LogP contribution >= 0.6 is 0 Å². The average Bonchev–Trinajstić information content (AvgIpc) is 2.75. The average molecular weight is 411 g/mol. The molecule has 2 fully saturated rings. The zero-order valence-electron chi connectivity index (χ0n) is 16.3. The molecular weight excluding hydrogens is 380 g/mol. The number of benzene rings is 1. The summed E-state index contributed by atoms with van der Waals surface area (Å²) in [6, 6.07) is 6.21. The molecule has 1 heterocycles. The second-order valence-corrected chi connectivity index (χ2v) is 9.22. The highest BCUT2D eigenvalue weighted by molar-refractivity contribution is 7.89. The summed E-state index contributed by atoms with van der Waals surface area (Å²) in [6.45, 7) is 2.59. The van der Waals surface area contributed by atoms with Crippen LogP contribution in [0.3, 0.4) is 0 Å². The number of rotatable bonds is 8. The van der Waals surface area contributed by atoms with Crippen molar-refractivity contribution in [3.05, 3.63) is 29.8 Å².